The van der Waals surface area contributed by atoms with Crippen LogP contribution in [0.3, 0.4) is 0 Å². The summed E-state index contributed by atoms with van der Waals surface area (Å²) < 4.78 is 6.68. The number of pyridine rings is 1. The van der Waals surface area contributed by atoms with E-state index in [4.69, 9.17) is 0 Å². The van der Waals surface area contributed by atoms with Crippen LogP contribution in [-0.4, -0.2) is 43.6 Å². The summed E-state index contributed by atoms with van der Waals surface area (Å²) in [5.41, 5.74) is 4.25. The molecule has 0 radical (unpaired) electrons. The van der Waals surface area contributed by atoms with Crippen molar-refractivity contribution in [3.05, 3.63) is 128 Å². The molecule has 0 bridgehead atoms. The second-order valence-corrected chi connectivity index (χ2v) is 8.22. The van der Waals surface area contributed by atoms with Crippen molar-refractivity contribution in [1.29, 1.82) is 0 Å². The normalized spacial score (nSPS) is 10.2. The zero-order valence-corrected chi connectivity index (χ0v) is 19.9. The van der Waals surface area contributed by atoms with Crippen molar-refractivity contribution in [3.8, 4) is 0 Å². The predicted octanol–water partition coefficient (Wildman–Crippen LogP) is 5.09. The van der Waals surface area contributed by atoms with Gasteiger partial charge in [-0.2, -0.15) is 10.2 Å². The molecule has 0 fully saturated rings. The van der Waals surface area contributed by atoms with Gasteiger partial charge >= 0.3 is 0 Å². The van der Waals surface area contributed by atoms with Gasteiger partial charge in [-0.15, -0.1) is 11.3 Å². The topological polar surface area (TPSA) is 90.6 Å². The number of hydrogen-bond donors (Lipinski definition) is 0. The summed E-state index contributed by atoms with van der Waals surface area (Å²) in [6.45, 7) is 0. The van der Waals surface area contributed by atoms with E-state index in [1.165, 1.54) is 0 Å². The van der Waals surface area contributed by atoms with Crippen LogP contribution in [0.5, 0.6) is 0 Å². The van der Waals surface area contributed by atoms with Crippen LogP contribution < -0.4 is 0 Å². The highest BCUT2D eigenvalue weighted by molar-refractivity contribution is 7.17. The molecule has 8 heterocycles. The molecule has 0 saturated carbocycles. The quantitative estimate of drug-likeness (QED) is 0.294. The molecule has 176 valence electrons. The van der Waals surface area contributed by atoms with Crippen molar-refractivity contribution in [3.63, 3.8) is 0 Å². The first-order valence-electron chi connectivity index (χ1n) is 11.0. The van der Waals surface area contributed by atoms with Crippen LogP contribution >= 0.6 is 11.3 Å². The smallest absolute Gasteiger partial charge is 0.139 e. The fraction of sp³-hybridized carbons (Fsp3) is 0. The van der Waals surface area contributed by atoms with Crippen molar-refractivity contribution in [2.45, 2.75) is 0 Å². The maximum atomic E-state index is 4.06. The van der Waals surface area contributed by atoms with Crippen molar-refractivity contribution >= 4 is 38.2 Å². The number of thiophene rings is 1. The predicted molar refractivity (Wildman–Crippen MR) is 141 cm³/mol. The van der Waals surface area contributed by atoms with E-state index in [9.17, 15) is 0 Å². The molecule has 0 spiro atoms. The van der Waals surface area contributed by atoms with Crippen LogP contribution in [0.1, 0.15) is 0 Å². The summed E-state index contributed by atoms with van der Waals surface area (Å²) in [5.74, 6) is 0. The SMILES string of the molecule is c1cc2nccn2cn1.c1ccn2nccc2c1.c1cnn2cccc2c1.c1ncc2sccc2n1. The van der Waals surface area contributed by atoms with Crippen molar-refractivity contribution in [2.75, 3.05) is 0 Å². The Morgan fingerprint density at radius 2 is 1.47 bits per heavy atom. The number of hydrogen-bond acceptors (Lipinski definition) is 7. The molecule has 0 unspecified atom stereocenters. The summed E-state index contributed by atoms with van der Waals surface area (Å²) in [6, 6.07) is 19.7. The van der Waals surface area contributed by atoms with Crippen molar-refractivity contribution < 1.29 is 0 Å². The second-order valence-electron chi connectivity index (χ2n) is 7.27. The molecule has 0 aromatic carbocycles. The van der Waals surface area contributed by atoms with Gasteiger partial charge in [0.25, 0.3) is 0 Å². The van der Waals surface area contributed by atoms with Crippen molar-refractivity contribution in [2.24, 2.45) is 0 Å². The highest BCUT2D eigenvalue weighted by Gasteiger charge is 1.91. The first-order chi connectivity index (χ1) is 17.9. The lowest BCUT2D eigenvalue weighted by atomic mass is 10.4. The monoisotopic (exact) mass is 491 g/mol. The van der Waals surface area contributed by atoms with Gasteiger partial charge in [-0.3, -0.25) is 4.40 Å². The average Bonchev–Trinajstić information content (AvgIpc) is 3.76. The zero-order valence-electron chi connectivity index (χ0n) is 19.1. The van der Waals surface area contributed by atoms with E-state index in [0.717, 1.165) is 26.9 Å². The largest absolute Gasteiger partial charge is 0.290 e. The number of rotatable bonds is 0. The minimum Gasteiger partial charge on any atom is -0.290 e. The fourth-order valence-corrected chi connectivity index (χ4v) is 3.93. The Kier molecular flexibility index (Phi) is 7.26. The molecule has 0 saturated heterocycles. The lowest BCUT2D eigenvalue weighted by Crippen LogP contribution is -1.84. The molecule has 8 aromatic heterocycles. The highest BCUT2D eigenvalue weighted by atomic mass is 32.1. The molecule has 9 nitrogen and oxygen atoms in total. The fourth-order valence-electron chi connectivity index (χ4n) is 3.23. The summed E-state index contributed by atoms with van der Waals surface area (Å²) in [5, 5.41) is 10.1. The molecule has 8 rings (SSSR count). The molecule has 0 N–H and O–H groups in total. The molecule has 0 aliphatic carbocycles. The van der Waals surface area contributed by atoms with E-state index in [0.29, 0.717) is 0 Å². The molecule has 0 atom stereocenters. The number of fused-ring (bicyclic) bond motifs is 4. The van der Waals surface area contributed by atoms with Crippen LogP contribution in [0, 0.1) is 0 Å². The molecule has 0 aliphatic heterocycles. The van der Waals surface area contributed by atoms with Gasteiger partial charge in [0.05, 0.1) is 21.3 Å². The first kappa shape index (κ1) is 22.8. The summed E-state index contributed by atoms with van der Waals surface area (Å²) in [6.07, 6.45) is 17.9. The zero-order chi connectivity index (χ0) is 24.4. The van der Waals surface area contributed by atoms with Gasteiger partial charge in [-0.25, -0.2) is 29.0 Å². The number of nitrogens with zero attached hydrogens (tertiary/aromatic N) is 9. The lowest BCUT2D eigenvalue weighted by Gasteiger charge is -1.87. The van der Waals surface area contributed by atoms with Gasteiger partial charge in [0, 0.05) is 49.6 Å². The Morgan fingerprint density at radius 1 is 0.639 bits per heavy atom. The summed E-state index contributed by atoms with van der Waals surface area (Å²) in [4.78, 5) is 15.9. The van der Waals surface area contributed by atoms with E-state index in [-0.39, 0.29) is 0 Å². The molecule has 0 aliphatic rings. The Labute approximate surface area is 210 Å². The minimum absolute atomic E-state index is 0.935. The third-order valence-corrected chi connectivity index (χ3v) is 5.78. The van der Waals surface area contributed by atoms with Gasteiger partial charge < -0.3 is 0 Å². The third kappa shape index (κ3) is 5.75. The van der Waals surface area contributed by atoms with Crippen molar-refractivity contribution in [1.82, 2.24) is 43.6 Å². The Hall–Kier alpha value is -4.96. The van der Waals surface area contributed by atoms with E-state index in [1.807, 2.05) is 104 Å². The van der Waals surface area contributed by atoms with E-state index < -0.39 is 0 Å². The standard InChI is InChI=1S/2C7H6N2.C6H5N3.C6H4N2S/c1-3-7-4-2-6-9(7)8-5-1;1-2-6-9-7(3-1)4-5-8-9;1-2-7-5-9-4-3-8-6(1)9;1-2-9-6-3-7-4-8-5(1)6/h2*1-6H;1-5H;1-4H. The van der Waals surface area contributed by atoms with Crippen LogP contribution in [0.15, 0.2) is 128 Å². The summed E-state index contributed by atoms with van der Waals surface area (Å²) in [7, 11) is 0. The Balaban J connectivity index is 0.0000000988. The van der Waals surface area contributed by atoms with Crippen LogP contribution in [0.4, 0.5) is 0 Å². The maximum absolute atomic E-state index is 4.06. The van der Waals surface area contributed by atoms with Gasteiger partial charge in [0.1, 0.15) is 18.3 Å². The second kappa shape index (κ2) is 11.4. The summed E-state index contributed by atoms with van der Waals surface area (Å²) >= 11 is 1.66. The average molecular weight is 492 g/mol. The van der Waals surface area contributed by atoms with Gasteiger partial charge in [0.15, 0.2) is 0 Å². The first-order valence-corrected chi connectivity index (χ1v) is 11.9. The van der Waals surface area contributed by atoms with E-state index >= 15 is 0 Å². The molecule has 8 aromatic rings. The van der Waals surface area contributed by atoms with E-state index in [1.54, 1.807) is 48.8 Å². The van der Waals surface area contributed by atoms with Crippen LogP contribution in [0.25, 0.3) is 26.9 Å². The maximum Gasteiger partial charge on any atom is 0.139 e. The van der Waals surface area contributed by atoms with Gasteiger partial charge in [-0.1, -0.05) is 6.07 Å². The molecule has 36 heavy (non-hydrogen) atoms. The lowest BCUT2D eigenvalue weighted by molar-refractivity contribution is 0.941. The van der Waals surface area contributed by atoms with Gasteiger partial charge in [0.2, 0.25) is 0 Å². The number of aromatic nitrogens is 9. The molecule has 10 heteroatoms. The third-order valence-electron chi connectivity index (χ3n) is 4.94. The Bertz CT molecular complexity index is 1400. The van der Waals surface area contributed by atoms with Crippen LogP contribution in [0.2, 0.25) is 0 Å². The molecule has 0 amide bonds. The van der Waals surface area contributed by atoms with E-state index in [2.05, 4.69) is 30.1 Å². The minimum atomic E-state index is 0.935. The van der Waals surface area contributed by atoms with Crippen LogP contribution in [-0.2, 0) is 0 Å². The number of imidazole rings is 1. The van der Waals surface area contributed by atoms with Gasteiger partial charge in [-0.05, 0) is 60.0 Å². The highest BCUT2D eigenvalue weighted by Crippen LogP contribution is 2.15. The molecular formula is C26H21N9S. The molecular weight excluding hydrogens is 470 g/mol. The Morgan fingerprint density at radius 3 is 2.36 bits per heavy atom.